The molecule has 0 unspecified atom stereocenters. The van der Waals surface area contributed by atoms with Crippen LogP contribution in [0.1, 0.15) is 5.56 Å². The Labute approximate surface area is 81.1 Å². The molecule has 0 fully saturated rings. The van der Waals surface area contributed by atoms with Gasteiger partial charge in [-0.05, 0) is 6.92 Å². The van der Waals surface area contributed by atoms with Crippen molar-refractivity contribution in [2.45, 2.75) is 6.92 Å². The summed E-state index contributed by atoms with van der Waals surface area (Å²) in [5.41, 5.74) is 1.32. The van der Waals surface area contributed by atoms with Crippen molar-refractivity contribution in [2.75, 3.05) is 6.54 Å². The first kappa shape index (κ1) is 12.1. The second-order valence-electron chi connectivity index (χ2n) is 2.54. The molecule has 0 atom stereocenters. The molecule has 5 heteroatoms. The maximum absolute atomic E-state index is 9.37. The van der Waals surface area contributed by atoms with Crippen LogP contribution in [0.4, 0.5) is 0 Å². The molecule has 5 nitrogen and oxygen atoms in total. The highest BCUT2D eigenvalue weighted by atomic mass is 16.6. The van der Waals surface area contributed by atoms with Gasteiger partial charge in [0.15, 0.2) is 0 Å². The van der Waals surface area contributed by atoms with Crippen LogP contribution >= 0.6 is 0 Å². The molecule has 76 valence electrons. The van der Waals surface area contributed by atoms with Crippen molar-refractivity contribution in [1.82, 2.24) is 0 Å². The number of aliphatic carboxylic acids is 1. The Bertz CT molecular complexity index is 285. The van der Waals surface area contributed by atoms with Gasteiger partial charge in [0, 0.05) is 4.92 Å². The van der Waals surface area contributed by atoms with Crippen LogP contribution in [-0.4, -0.2) is 22.5 Å². The summed E-state index contributed by atoms with van der Waals surface area (Å²) < 4.78 is 0. The average Bonchev–Trinajstić information content (AvgIpc) is 2.03. The molecular weight excluding hydrogens is 186 g/mol. The predicted octanol–water partition coefficient (Wildman–Crippen LogP) is 1.34. The Morgan fingerprint density at radius 3 is 2.07 bits per heavy atom. The van der Waals surface area contributed by atoms with Gasteiger partial charge in [0.2, 0.25) is 0 Å². The average molecular weight is 197 g/mol. The Morgan fingerprint density at radius 1 is 1.43 bits per heavy atom. The lowest BCUT2D eigenvalue weighted by Gasteiger charge is -1.82. The molecule has 0 radical (unpaired) electrons. The first-order chi connectivity index (χ1) is 6.52. The molecule has 1 N–H and O–H groups in total. The monoisotopic (exact) mass is 197 g/mol. The number of rotatable bonds is 2. The van der Waals surface area contributed by atoms with Crippen LogP contribution in [0.3, 0.4) is 0 Å². The minimum atomic E-state index is -1.41. The van der Waals surface area contributed by atoms with Crippen molar-refractivity contribution in [2.24, 2.45) is 0 Å². The van der Waals surface area contributed by atoms with Gasteiger partial charge >= 0.3 is 5.97 Å². The van der Waals surface area contributed by atoms with E-state index < -0.39 is 17.4 Å². The second kappa shape index (κ2) is 6.59. The molecule has 0 aliphatic carbocycles. The molecule has 1 rings (SSSR count). The molecule has 0 saturated heterocycles. The quantitative estimate of drug-likeness (QED) is 0.573. The van der Waals surface area contributed by atoms with Crippen molar-refractivity contribution >= 4 is 5.97 Å². The maximum atomic E-state index is 9.37. The summed E-state index contributed by atoms with van der Waals surface area (Å²) in [5.74, 6) is -1.41. The van der Waals surface area contributed by atoms with Crippen LogP contribution in [0.15, 0.2) is 30.3 Å². The van der Waals surface area contributed by atoms with E-state index in [9.17, 15) is 14.9 Å². The highest BCUT2D eigenvalue weighted by Gasteiger charge is 2.03. The second-order valence-corrected chi connectivity index (χ2v) is 2.54. The van der Waals surface area contributed by atoms with Crippen LogP contribution in [0, 0.1) is 17.0 Å². The molecule has 0 aliphatic rings. The van der Waals surface area contributed by atoms with E-state index in [0.717, 1.165) is 0 Å². The van der Waals surface area contributed by atoms with E-state index in [0.29, 0.717) is 0 Å². The molecule has 1 aromatic carbocycles. The van der Waals surface area contributed by atoms with Crippen molar-refractivity contribution in [3.05, 3.63) is 46.0 Å². The lowest BCUT2D eigenvalue weighted by molar-refractivity contribution is -0.469. The molecule has 0 heterocycles. The number of hydrogen-bond donors (Lipinski definition) is 1. The fourth-order valence-corrected chi connectivity index (χ4v) is 0.645. The Balaban J connectivity index is 0.000000241. The lowest BCUT2D eigenvalue weighted by Crippen LogP contribution is -2.11. The molecule has 0 aromatic heterocycles. The topological polar surface area (TPSA) is 80.4 Å². The van der Waals surface area contributed by atoms with E-state index in [1.807, 2.05) is 18.2 Å². The smallest absolute Gasteiger partial charge is 0.376 e. The third-order valence-electron chi connectivity index (χ3n) is 1.20. The highest BCUT2D eigenvalue weighted by molar-refractivity contribution is 5.67. The Hall–Kier alpha value is -1.91. The molecule has 0 spiro atoms. The summed E-state index contributed by atoms with van der Waals surface area (Å²) in [4.78, 5) is 17.7. The number of carboxylic acids is 1. The van der Waals surface area contributed by atoms with Gasteiger partial charge in [0.05, 0.1) is 0 Å². The summed E-state index contributed by atoms with van der Waals surface area (Å²) in [5, 5.41) is 16.9. The van der Waals surface area contributed by atoms with Gasteiger partial charge in [-0.25, -0.2) is 4.79 Å². The van der Waals surface area contributed by atoms with Crippen LogP contribution in [0.25, 0.3) is 0 Å². The lowest BCUT2D eigenvalue weighted by atomic mass is 10.2. The Kier molecular flexibility index (Phi) is 5.69. The van der Waals surface area contributed by atoms with E-state index in [-0.39, 0.29) is 0 Å². The Morgan fingerprint density at radius 2 is 1.93 bits per heavy atom. The van der Waals surface area contributed by atoms with Gasteiger partial charge in [-0.1, -0.05) is 35.9 Å². The summed E-state index contributed by atoms with van der Waals surface area (Å²) in [6, 6.07) is 10.3. The molecular formula is C9H11NO4. The van der Waals surface area contributed by atoms with Crippen molar-refractivity contribution in [1.29, 1.82) is 0 Å². The number of carbonyl (C=O) groups is 1. The minimum Gasteiger partial charge on any atom is -0.476 e. The zero-order chi connectivity index (χ0) is 11.0. The van der Waals surface area contributed by atoms with E-state index in [4.69, 9.17) is 5.11 Å². The number of benzene rings is 1. The van der Waals surface area contributed by atoms with Gasteiger partial charge in [-0.15, -0.1) is 0 Å². The normalized spacial score (nSPS) is 8.36. The molecule has 0 bridgehead atoms. The summed E-state index contributed by atoms with van der Waals surface area (Å²) in [6.07, 6.45) is 0. The third-order valence-corrected chi connectivity index (χ3v) is 1.20. The highest BCUT2D eigenvalue weighted by Crippen LogP contribution is 1.92. The summed E-state index contributed by atoms with van der Waals surface area (Å²) in [6.45, 7) is 1.08. The number of nitro groups is 1. The van der Waals surface area contributed by atoms with Crippen LogP contribution in [0.2, 0.25) is 0 Å². The molecule has 1 aromatic rings. The number of hydrogen-bond acceptors (Lipinski definition) is 3. The van der Waals surface area contributed by atoms with Crippen LogP contribution in [0.5, 0.6) is 0 Å². The zero-order valence-corrected chi connectivity index (χ0v) is 7.71. The summed E-state index contributed by atoms with van der Waals surface area (Å²) >= 11 is 0. The molecule has 0 saturated carbocycles. The fourth-order valence-electron chi connectivity index (χ4n) is 0.645. The van der Waals surface area contributed by atoms with Crippen LogP contribution < -0.4 is 0 Å². The first-order valence-electron chi connectivity index (χ1n) is 3.87. The van der Waals surface area contributed by atoms with Gasteiger partial charge in [0.1, 0.15) is 0 Å². The maximum Gasteiger partial charge on any atom is 0.376 e. The number of aryl methyl sites for hydroxylation is 1. The van der Waals surface area contributed by atoms with E-state index in [1.54, 1.807) is 0 Å². The van der Waals surface area contributed by atoms with Crippen LogP contribution in [-0.2, 0) is 4.79 Å². The van der Waals surface area contributed by atoms with E-state index >= 15 is 0 Å². The minimum absolute atomic E-state index is 0.900. The van der Waals surface area contributed by atoms with Gasteiger partial charge < -0.3 is 5.11 Å². The fraction of sp³-hybridized carbons (Fsp3) is 0.222. The SMILES string of the molecule is Cc1ccccc1.O=C(O)C[N+](=O)[O-]. The van der Waals surface area contributed by atoms with E-state index in [2.05, 4.69) is 19.1 Å². The van der Waals surface area contributed by atoms with Crippen molar-refractivity contribution in [3.63, 3.8) is 0 Å². The summed E-state index contributed by atoms with van der Waals surface area (Å²) in [7, 11) is 0. The molecule has 14 heavy (non-hydrogen) atoms. The largest absolute Gasteiger partial charge is 0.476 e. The number of nitrogens with zero attached hydrogens (tertiary/aromatic N) is 1. The van der Waals surface area contributed by atoms with Gasteiger partial charge in [-0.3, -0.25) is 10.1 Å². The van der Waals surface area contributed by atoms with Gasteiger partial charge in [-0.2, -0.15) is 0 Å². The predicted molar refractivity (Wildman–Crippen MR) is 50.7 cm³/mol. The first-order valence-corrected chi connectivity index (χ1v) is 3.87. The molecule has 0 amide bonds. The third kappa shape index (κ3) is 8.19. The number of carboxylic acid groups (broad SMARTS) is 1. The van der Waals surface area contributed by atoms with Crippen molar-refractivity contribution in [3.8, 4) is 0 Å². The van der Waals surface area contributed by atoms with E-state index in [1.165, 1.54) is 5.56 Å². The standard InChI is InChI=1S/C7H8.C2H3NO4/c1-7-5-3-2-4-6-7;4-2(5)1-3(6)7/h2-6H,1H3;1H2,(H,4,5). The van der Waals surface area contributed by atoms with Gasteiger partial charge in [0.25, 0.3) is 6.54 Å². The van der Waals surface area contributed by atoms with Crippen molar-refractivity contribution < 1.29 is 14.8 Å². The molecule has 0 aliphatic heterocycles. The zero-order valence-electron chi connectivity index (χ0n) is 7.71.